The van der Waals surface area contributed by atoms with Gasteiger partial charge in [0.1, 0.15) is 0 Å². The Morgan fingerprint density at radius 3 is 2.70 bits per heavy atom. The lowest BCUT2D eigenvalue weighted by Crippen LogP contribution is -2.11. The summed E-state index contributed by atoms with van der Waals surface area (Å²) in [5, 5.41) is 12.3. The van der Waals surface area contributed by atoms with Gasteiger partial charge in [-0.05, 0) is 36.5 Å². The van der Waals surface area contributed by atoms with Crippen LogP contribution >= 0.6 is 0 Å². The Morgan fingerprint density at radius 1 is 1.00 bits per heavy atom. The zero-order valence-electron chi connectivity index (χ0n) is 12.8. The quantitative estimate of drug-likeness (QED) is 0.445. The molecule has 4 rings (SSSR count). The maximum Gasteiger partial charge on any atom is 0.232 e. The molecule has 1 aliphatic carbocycles. The number of aromatic nitrogens is 2. The van der Waals surface area contributed by atoms with E-state index in [9.17, 15) is 10.0 Å². The summed E-state index contributed by atoms with van der Waals surface area (Å²) in [6, 6.07) is 13.4. The van der Waals surface area contributed by atoms with Crippen LogP contribution in [-0.2, 0) is 12.8 Å². The van der Waals surface area contributed by atoms with Crippen molar-refractivity contribution in [1.29, 1.82) is 0 Å². The molecule has 2 aromatic carbocycles. The molecule has 116 valence electrons. The molecular formula is C19H18N2O2. The SMILES string of the molecule is O=C(c1cccc2ccccc12)c1nc2c(n1O)CCCCC2. The maximum absolute atomic E-state index is 12.9. The predicted molar refractivity (Wildman–Crippen MR) is 88.1 cm³/mol. The van der Waals surface area contributed by atoms with Crippen molar-refractivity contribution in [3.63, 3.8) is 0 Å². The second-order valence-electron chi connectivity index (χ2n) is 6.06. The van der Waals surface area contributed by atoms with Crippen molar-refractivity contribution in [3.05, 3.63) is 65.2 Å². The number of fused-ring (bicyclic) bond motifs is 2. The minimum atomic E-state index is -0.225. The molecule has 0 radical (unpaired) electrons. The van der Waals surface area contributed by atoms with Crippen LogP contribution in [0.4, 0.5) is 0 Å². The van der Waals surface area contributed by atoms with Gasteiger partial charge in [0.15, 0.2) is 0 Å². The lowest BCUT2D eigenvalue weighted by atomic mass is 10.0. The molecule has 1 aromatic heterocycles. The molecule has 4 nitrogen and oxygen atoms in total. The topological polar surface area (TPSA) is 55.1 Å². The highest BCUT2D eigenvalue weighted by molar-refractivity contribution is 6.14. The van der Waals surface area contributed by atoms with E-state index in [4.69, 9.17) is 0 Å². The van der Waals surface area contributed by atoms with E-state index in [2.05, 4.69) is 4.98 Å². The molecule has 0 amide bonds. The zero-order valence-corrected chi connectivity index (χ0v) is 12.8. The van der Waals surface area contributed by atoms with Gasteiger partial charge in [0, 0.05) is 5.56 Å². The molecule has 1 aliphatic rings. The first-order valence-electron chi connectivity index (χ1n) is 8.08. The standard InChI is InChI=1S/C19H18N2O2/c22-18(15-10-6-8-13-7-4-5-9-14(13)15)19-20-16-11-2-1-3-12-17(16)21(19)23/h4-10,23H,1-3,11-12H2. The Kier molecular flexibility index (Phi) is 3.37. The Labute approximate surface area is 134 Å². The summed E-state index contributed by atoms with van der Waals surface area (Å²) in [7, 11) is 0. The second-order valence-corrected chi connectivity index (χ2v) is 6.06. The van der Waals surface area contributed by atoms with Crippen LogP contribution in [0.5, 0.6) is 0 Å². The molecule has 23 heavy (non-hydrogen) atoms. The zero-order chi connectivity index (χ0) is 15.8. The van der Waals surface area contributed by atoms with E-state index in [0.29, 0.717) is 5.56 Å². The molecule has 0 atom stereocenters. The number of imidazole rings is 1. The first kappa shape index (κ1) is 14.0. The van der Waals surface area contributed by atoms with Crippen molar-refractivity contribution in [3.8, 4) is 0 Å². The summed E-state index contributed by atoms with van der Waals surface area (Å²) in [6.07, 6.45) is 4.84. The van der Waals surface area contributed by atoms with E-state index in [1.807, 2.05) is 36.4 Å². The predicted octanol–water partition coefficient (Wildman–Crippen LogP) is 3.77. The van der Waals surface area contributed by atoms with Crippen LogP contribution in [0.2, 0.25) is 0 Å². The summed E-state index contributed by atoms with van der Waals surface area (Å²) < 4.78 is 1.02. The number of ketones is 1. The average molecular weight is 306 g/mol. The van der Waals surface area contributed by atoms with Crippen molar-refractivity contribution in [2.24, 2.45) is 0 Å². The molecule has 0 unspecified atom stereocenters. The van der Waals surface area contributed by atoms with E-state index < -0.39 is 0 Å². The van der Waals surface area contributed by atoms with Crippen LogP contribution in [0, 0.1) is 0 Å². The van der Waals surface area contributed by atoms with Gasteiger partial charge in [-0.3, -0.25) is 4.79 Å². The molecule has 0 aliphatic heterocycles. The highest BCUT2D eigenvalue weighted by Gasteiger charge is 2.24. The number of aryl methyl sites for hydroxylation is 1. The highest BCUT2D eigenvalue weighted by atomic mass is 16.5. The summed E-state index contributed by atoms with van der Waals surface area (Å²) >= 11 is 0. The van der Waals surface area contributed by atoms with Gasteiger partial charge in [0.25, 0.3) is 0 Å². The van der Waals surface area contributed by atoms with E-state index in [1.54, 1.807) is 6.07 Å². The summed E-state index contributed by atoms with van der Waals surface area (Å²) in [5.74, 6) is -0.0920. The van der Waals surface area contributed by atoms with Gasteiger partial charge in [0.2, 0.25) is 11.6 Å². The van der Waals surface area contributed by atoms with Gasteiger partial charge in [-0.2, -0.15) is 4.73 Å². The lowest BCUT2D eigenvalue weighted by molar-refractivity contribution is 0.0972. The molecular weight excluding hydrogens is 288 g/mol. The molecule has 1 heterocycles. The third-order valence-corrected chi connectivity index (χ3v) is 4.59. The summed E-state index contributed by atoms with van der Waals surface area (Å²) in [6.45, 7) is 0. The minimum Gasteiger partial charge on any atom is -0.426 e. The van der Waals surface area contributed by atoms with E-state index in [0.717, 1.165) is 59.0 Å². The fourth-order valence-electron chi connectivity index (χ4n) is 3.39. The van der Waals surface area contributed by atoms with Gasteiger partial charge < -0.3 is 5.21 Å². The number of benzene rings is 2. The van der Waals surface area contributed by atoms with E-state index in [-0.39, 0.29) is 11.6 Å². The maximum atomic E-state index is 12.9. The van der Waals surface area contributed by atoms with Crippen molar-refractivity contribution in [2.75, 3.05) is 0 Å². The summed E-state index contributed by atoms with van der Waals surface area (Å²) in [4.78, 5) is 17.4. The normalized spacial score (nSPS) is 14.4. The number of nitrogens with zero attached hydrogens (tertiary/aromatic N) is 2. The molecule has 0 saturated carbocycles. The monoisotopic (exact) mass is 306 g/mol. The number of rotatable bonds is 2. The van der Waals surface area contributed by atoms with Gasteiger partial charge >= 0.3 is 0 Å². The van der Waals surface area contributed by atoms with Gasteiger partial charge in [-0.25, -0.2) is 4.98 Å². The van der Waals surface area contributed by atoms with Crippen LogP contribution in [0.3, 0.4) is 0 Å². The number of carbonyl (C=O) groups is 1. The van der Waals surface area contributed by atoms with Gasteiger partial charge in [0.05, 0.1) is 11.4 Å². The van der Waals surface area contributed by atoms with Crippen molar-refractivity contribution in [2.45, 2.75) is 32.1 Å². The molecule has 3 aromatic rings. The van der Waals surface area contributed by atoms with Gasteiger partial charge in [-0.1, -0.05) is 48.9 Å². The minimum absolute atomic E-state index is 0.133. The molecule has 0 spiro atoms. The smallest absolute Gasteiger partial charge is 0.232 e. The molecule has 0 bridgehead atoms. The van der Waals surface area contributed by atoms with Crippen LogP contribution < -0.4 is 0 Å². The first-order valence-corrected chi connectivity index (χ1v) is 8.08. The van der Waals surface area contributed by atoms with Gasteiger partial charge in [-0.15, -0.1) is 0 Å². The third kappa shape index (κ3) is 2.31. The van der Waals surface area contributed by atoms with Crippen molar-refractivity contribution in [1.82, 2.24) is 9.71 Å². The molecule has 4 heteroatoms. The number of hydrogen-bond donors (Lipinski definition) is 1. The van der Waals surface area contributed by atoms with Crippen LogP contribution in [0.1, 0.15) is 46.8 Å². The molecule has 0 fully saturated rings. The molecule has 1 N–H and O–H groups in total. The second kappa shape index (κ2) is 5.54. The molecule has 0 saturated heterocycles. The Hall–Kier alpha value is -2.62. The number of hydrogen-bond acceptors (Lipinski definition) is 3. The Morgan fingerprint density at radius 2 is 1.78 bits per heavy atom. The van der Waals surface area contributed by atoms with Crippen LogP contribution in [0.25, 0.3) is 10.8 Å². The van der Waals surface area contributed by atoms with Crippen molar-refractivity contribution >= 4 is 16.6 Å². The lowest BCUT2D eigenvalue weighted by Gasteiger charge is -2.06. The van der Waals surface area contributed by atoms with E-state index >= 15 is 0 Å². The first-order chi connectivity index (χ1) is 11.3. The number of carbonyl (C=O) groups excluding carboxylic acids is 1. The Bertz CT molecular complexity index is 890. The van der Waals surface area contributed by atoms with Crippen LogP contribution in [-0.4, -0.2) is 20.7 Å². The Balaban J connectivity index is 1.83. The average Bonchev–Trinajstić information content (AvgIpc) is 2.76. The van der Waals surface area contributed by atoms with Crippen molar-refractivity contribution < 1.29 is 10.0 Å². The largest absolute Gasteiger partial charge is 0.426 e. The van der Waals surface area contributed by atoms with Crippen LogP contribution in [0.15, 0.2) is 42.5 Å². The third-order valence-electron chi connectivity index (χ3n) is 4.59. The summed E-state index contributed by atoms with van der Waals surface area (Å²) in [5.41, 5.74) is 2.25. The van der Waals surface area contributed by atoms with E-state index in [1.165, 1.54) is 0 Å². The fourth-order valence-corrected chi connectivity index (χ4v) is 3.39. The fraction of sp³-hybridized carbons (Fsp3) is 0.263. The highest BCUT2D eigenvalue weighted by Crippen LogP contribution is 2.24.